The van der Waals surface area contributed by atoms with Gasteiger partial charge < -0.3 is 10.0 Å². The van der Waals surface area contributed by atoms with Gasteiger partial charge in [-0.15, -0.1) is 0 Å². The number of aromatic nitrogens is 6. The summed E-state index contributed by atoms with van der Waals surface area (Å²) in [6.45, 7) is 2.99. The molecule has 5 aromatic rings. The summed E-state index contributed by atoms with van der Waals surface area (Å²) in [4.78, 5) is 31.9. The van der Waals surface area contributed by atoms with E-state index in [0.717, 1.165) is 66.4 Å². The van der Waals surface area contributed by atoms with Crippen LogP contribution in [0.2, 0.25) is 0 Å². The van der Waals surface area contributed by atoms with E-state index in [2.05, 4.69) is 61.5 Å². The Labute approximate surface area is 264 Å². The van der Waals surface area contributed by atoms with Crippen molar-refractivity contribution in [3.8, 4) is 33.9 Å². The number of nitrogens with one attached hydrogen (secondary N) is 1. The molecule has 0 atom stereocenters. The molecule has 6 rings (SSSR count). The van der Waals surface area contributed by atoms with Gasteiger partial charge in [0.05, 0.1) is 5.69 Å². The van der Waals surface area contributed by atoms with Crippen LogP contribution in [0.15, 0.2) is 85.2 Å². The molecule has 0 unspecified atom stereocenters. The predicted octanol–water partition coefficient (Wildman–Crippen LogP) is 6.07. The SMILES string of the molecule is CN(C)c1ncc(-c2ccccc2)c(-c2ccc(CN3CCC(c4nc(-c5ccccn5)n[nH]4)CC3)cc2)n1.O=C(O)C(F)(F)F. The maximum atomic E-state index is 10.6. The van der Waals surface area contributed by atoms with Crippen molar-refractivity contribution in [1.82, 2.24) is 35.0 Å². The number of aromatic amines is 1. The van der Waals surface area contributed by atoms with Crippen LogP contribution in [0.25, 0.3) is 33.9 Å². The van der Waals surface area contributed by atoms with Gasteiger partial charge >= 0.3 is 12.1 Å². The number of pyridine rings is 1. The molecule has 1 fully saturated rings. The molecule has 0 bridgehead atoms. The Balaban J connectivity index is 0.000000537. The molecule has 1 aliphatic heterocycles. The highest BCUT2D eigenvalue weighted by atomic mass is 19.4. The second-order valence-corrected chi connectivity index (χ2v) is 11.0. The van der Waals surface area contributed by atoms with Crippen molar-refractivity contribution in [1.29, 1.82) is 0 Å². The lowest BCUT2D eigenvalue weighted by Gasteiger charge is -2.31. The van der Waals surface area contributed by atoms with Crippen molar-refractivity contribution < 1.29 is 23.1 Å². The maximum Gasteiger partial charge on any atom is 0.490 e. The zero-order valence-corrected chi connectivity index (χ0v) is 25.3. The summed E-state index contributed by atoms with van der Waals surface area (Å²) < 4.78 is 31.7. The molecule has 0 radical (unpaired) electrons. The molecule has 1 aliphatic rings. The van der Waals surface area contributed by atoms with Crippen molar-refractivity contribution in [3.05, 3.63) is 96.6 Å². The molecule has 0 saturated carbocycles. The highest BCUT2D eigenvalue weighted by molar-refractivity contribution is 5.81. The summed E-state index contributed by atoms with van der Waals surface area (Å²) in [5, 5.41) is 14.7. The van der Waals surface area contributed by atoms with Gasteiger partial charge in [-0.3, -0.25) is 15.0 Å². The first-order valence-corrected chi connectivity index (χ1v) is 14.6. The lowest BCUT2D eigenvalue weighted by molar-refractivity contribution is -0.192. The van der Waals surface area contributed by atoms with Crippen molar-refractivity contribution >= 4 is 11.9 Å². The van der Waals surface area contributed by atoms with Crippen LogP contribution < -0.4 is 4.90 Å². The number of rotatable bonds is 7. The van der Waals surface area contributed by atoms with E-state index in [0.29, 0.717) is 17.7 Å². The number of anilines is 1. The number of halogens is 3. The number of piperidine rings is 1. The average Bonchev–Trinajstić information content (AvgIpc) is 3.56. The second-order valence-electron chi connectivity index (χ2n) is 11.0. The molecule has 1 saturated heterocycles. The van der Waals surface area contributed by atoms with E-state index in [9.17, 15) is 13.2 Å². The van der Waals surface area contributed by atoms with Crippen molar-refractivity contribution in [2.24, 2.45) is 0 Å². The molecule has 3 aromatic heterocycles. The standard InChI is InChI=1S/C31H32N8.C2HF3O2/c1-38(2)31-33-20-26(23-8-4-3-5-9-23)28(34-31)24-13-11-22(12-14-24)21-39-18-15-25(16-19-39)29-35-30(37-36-29)27-10-6-7-17-32-27;3-2(4,5)1(6)7/h3-14,17,20,25H,15-16,18-19,21H2,1-2H3,(H,35,36,37);(H,6,7). The third-order valence-electron chi connectivity index (χ3n) is 7.51. The van der Waals surface area contributed by atoms with E-state index in [1.165, 1.54) is 5.56 Å². The van der Waals surface area contributed by atoms with Crippen LogP contribution in [0.3, 0.4) is 0 Å². The molecule has 0 spiro atoms. The minimum Gasteiger partial charge on any atom is -0.475 e. The normalized spacial score (nSPS) is 13.9. The minimum absolute atomic E-state index is 0.397. The number of H-pyrrole nitrogens is 1. The number of aliphatic carboxylic acids is 1. The van der Waals surface area contributed by atoms with Crippen LogP contribution >= 0.6 is 0 Å². The summed E-state index contributed by atoms with van der Waals surface area (Å²) in [5.41, 5.74) is 6.30. The molecule has 0 amide bonds. The number of hydrogen-bond donors (Lipinski definition) is 2. The zero-order chi connectivity index (χ0) is 32.7. The Bertz CT molecular complexity index is 1720. The van der Waals surface area contributed by atoms with E-state index >= 15 is 0 Å². The van der Waals surface area contributed by atoms with Gasteiger partial charge in [0.2, 0.25) is 5.95 Å². The van der Waals surface area contributed by atoms with Gasteiger partial charge in [-0.2, -0.15) is 18.3 Å². The monoisotopic (exact) mass is 630 g/mol. The van der Waals surface area contributed by atoms with Crippen LogP contribution in [0.4, 0.5) is 19.1 Å². The minimum atomic E-state index is -5.08. The first-order chi connectivity index (χ1) is 22.1. The van der Waals surface area contributed by atoms with Crippen LogP contribution in [0.1, 0.15) is 30.1 Å². The van der Waals surface area contributed by atoms with Gasteiger partial charge in [-0.1, -0.05) is 60.7 Å². The smallest absolute Gasteiger partial charge is 0.475 e. The molecule has 0 aliphatic carbocycles. The number of benzene rings is 2. The van der Waals surface area contributed by atoms with E-state index in [4.69, 9.17) is 19.9 Å². The number of alkyl halides is 3. The van der Waals surface area contributed by atoms with Gasteiger partial charge in [0.15, 0.2) is 5.82 Å². The molecule has 2 aromatic carbocycles. The molecular formula is C33H33F3N8O2. The molecular weight excluding hydrogens is 597 g/mol. The third kappa shape index (κ3) is 8.10. The van der Waals surface area contributed by atoms with Crippen molar-refractivity contribution in [3.63, 3.8) is 0 Å². The fourth-order valence-corrected chi connectivity index (χ4v) is 5.09. The van der Waals surface area contributed by atoms with Crippen LogP contribution in [-0.2, 0) is 11.3 Å². The van der Waals surface area contributed by atoms with Gasteiger partial charge in [0.1, 0.15) is 11.5 Å². The Morgan fingerprint density at radius 1 is 0.935 bits per heavy atom. The lowest BCUT2D eigenvalue weighted by atomic mass is 9.95. The number of nitrogens with zero attached hydrogens (tertiary/aromatic N) is 7. The highest BCUT2D eigenvalue weighted by Crippen LogP contribution is 2.32. The van der Waals surface area contributed by atoms with Gasteiger partial charge in [-0.25, -0.2) is 19.7 Å². The Hall–Kier alpha value is -5.17. The number of likely N-dealkylation sites (tertiary alicyclic amines) is 1. The topological polar surface area (TPSA) is 124 Å². The largest absolute Gasteiger partial charge is 0.490 e. The highest BCUT2D eigenvalue weighted by Gasteiger charge is 2.38. The zero-order valence-electron chi connectivity index (χ0n) is 25.3. The summed E-state index contributed by atoms with van der Waals surface area (Å²) in [7, 11) is 3.94. The fraction of sp³-hybridized carbons (Fsp3) is 0.273. The van der Waals surface area contributed by atoms with Crippen LogP contribution in [-0.4, -0.2) is 79.5 Å². The lowest BCUT2D eigenvalue weighted by Crippen LogP contribution is -2.32. The number of carboxylic acids is 1. The summed E-state index contributed by atoms with van der Waals surface area (Å²) in [6.07, 6.45) is 0.735. The third-order valence-corrected chi connectivity index (χ3v) is 7.51. The average molecular weight is 631 g/mol. The molecule has 13 heteroatoms. The van der Waals surface area contributed by atoms with E-state index in [-0.39, 0.29) is 0 Å². The first kappa shape index (κ1) is 32.2. The quantitative estimate of drug-likeness (QED) is 0.221. The maximum absolute atomic E-state index is 10.6. The summed E-state index contributed by atoms with van der Waals surface area (Å²) in [5.74, 6) is -0.0163. The fourth-order valence-electron chi connectivity index (χ4n) is 5.09. The predicted molar refractivity (Wildman–Crippen MR) is 168 cm³/mol. The summed E-state index contributed by atoms with van der Waals surface area (Å²) in [6, 6.07) is 25.0. The van der Waals surface area contributed by atoms with Gasteiger partial charge in [-0.05, 0) is 49.2 Å². The molecule has 238 valence electrons. The Morgan fingerprint density at radius 2 is 1.61 bits per heavy atom. The van der Waals surface area contributed by atoms with Crippen LogP contribution in [0.5, 0.6) is 0 Å². The van der Waals surface area contributed by atoms with Crippen LogP contribution in [0, 0.1) is 0 Å². The number of carboxylic acid groups (broad SMARTS) is 1. The van der Waals surface area contributed by atoms with E-state index < -0.39 is 12.1 Å². The van der Waals surface area contributed by atoms with Gasteiger partial charge in [0, 0.05) is 50.1 Å². The first-order valence-electron chi connectivity index (χ1n) is 14.6. The second kappa shape index (κ2) is 14.3. The Kier molecular flexibility index (Phi) is 10.0. The molecule has 4 heterocycles. The number of carbonyl (C=O) groups is 1. The molecule has 2 N–H and O–H groups in total. The van der Waals surface area contributed by atoms with Gasteiger partial charge in [0.25, 0.3) is 0 Å². The van der Waals surface area contributed by atoms with Crippen molar-refractivity contribution in [2.45, 2.75) is 31.5 Å². The number of hydrogen-bond acceptors (Lipinski definition) is 8. The van der Waals surface area contributed by atoms with Crippen molar-refractivity contribution in [2.75, 3.05) is 32.1 Å². The molecule has 46 heavy (non-hydrogen) atoms. The summed E-state index contributed by atoms with van der Waals surface area (Å²) >= 11 is 0. The van der Waals surface area contributed by atoms with E-state index in [1.54, 1.807) is 6.20 Å². The van der Waals surface area contributed by atoms with E-state index in [1.807, 2.05) is 61.6 Å². The molecule has 10 nitrogen and oxygen atoms in total. The Morgan fingerprint density at radius 3 is 2.22 bits per heavy atom.